The van der Waals surface area contributed by atoms with Crippen LogP contribution in [0.15, 0.2) is 12.4 Å². The molecule has 2 N–H and O–H groups in total. The molecule has 0 radical (unpaired) electrons. The van der Waals surface area contributed by atoms with E-state index < -0.39 is 0 Å². The molecule has 0 bridgehead atoms. The van der Waals surface area contributed by atoms with Crippen molar-refractivity contribution >= 4 is 0 Å². The van der Waals surface area contributed by atoms with Gasteiger partial charge in [0.2, 0.25) is 0 Å². The average Bonchev–Trinajstić information content (AvgIpc) is 2.61. The summed E-state index contributed by atoms with van der Waals surface area (Å²) in [4.78, 5) is 4.40. The highest BCUT2D eigenvalue weighted by atomic mass is 15.0. The van der Waals surface area contributed by atoms with Crippen LogP contribution >= 0.6 is 0 Å². The fourth-order valence-corrected chi connectivity index (χ4v) is 2.91. The fourth-order valence-electron chi connectivity index (χ4n) is 2.91. The molecule has 1 aromatic heterocycles. The molecule has 1 fully saturated rings. The third-order valence-electron chi connectivity index (χ3n) is 4.47. The van der Waals surface area contributed by atoms with E-state index in [0.717, 1.165) is 24.6 Å². The molecular formula is C13H23N3. The van der Waals surface area contributed by atoms with Gasteiger partial charge in [0.1, 0.15) is 5.82 Å². The maximum atomic E-state index is 6.60. The van der Waals surface area contributed by atoms with Crippen LogP contribution in [0.3, 0.4) is 0 Å². The van der Waals surface area contributed by atoms with Crippen molar-refractivity contribution < 1.29 is 0 Å². The van der Waals surface area contributed by atoms with E-state index in [9.17, 15) is 0 Å². The molecule has 0 aromatic carbocycles. The van der Waals surface area contributed by atoms with Crippen molar-refractivity contribution in [2.24, 2.45) is 24.6 Å². The lowest BCUT2D eigenvalue weighted by Crippen LogP contribution is -2.52. The third-order valence-corrected chi connectivity index (χ3v) is 4.47. The molecule has 0 saturated heterocycles. The first kappa shape index (κ1) is 11.6. The molecule has 90 valence electrons. The predicted octanol–water partition coefficient (Wildman–Crippen LogP) is 2.12. The summed E-state index contributed by atoms with van der Waals surface area (Å²) in [6.07, 6.45) is 8.46. The maximum Gasteiger partial charge on any atom is 0.110 e. The van der Waals surface area contributed by atoms with Gasteiger partial charge in [0, 0.05) is 31.4 Å². The average molecular weight is 221 g/mol. The monoisotopic (exact) mass is 221 g/mol. The molecule has 1 aromatic rings. The molecule has 16 heavy (non-hydrogen) atoms. The highest BCUT2D eigenvalue weighted by molar-refractivity contribution is 5.04. The summed E-state index contributed by atoms with van der Waals surface area (Å²) in [6, 6.07) is 0. The number of nitrogens with two attached hydrogens (primary N) is 1. The molecular weight excluding hydrogens is 198 g/mol. The van der Waals surface area contributed by atoms with Gasteiger partial charge in [-0.2, -0.15) is 0 Å². The Bertz CT molecular complexity index is 358. The lowest BCUT2D eigenvalue weighted by molar-refractivity contribution is 0.141. The second-order valence-corrected chi connectivity index (χ2v) is 5.52. The normalized spacial score (nSPS) is 35.2. The Morgan fingerprint density at radius 3 is 2.94 bits per heavy atom. The molecule has 1 aliphatic carbocycles. The van der Waals surface area contributed by atoms with Crippen LogP contribution in [-0.2, 0) is 13.5 Å². The standard InChI is InChI=1S/C13H23N3/c1-10-5-4-6-13(14,11(10)2)9-12-15-7-8-16(12)3/h7-8,10-11H,4-6,9,14H2,1-3H3. The first-order valence-electron chi connectivity index (χ1n) is 6.28. The Hall–Kier alpha value is -0.830. The summed E-state index contributed by atoms with van der Waals surface area (Å²) in [5, 5.41) is 0. The van der Waals surface area contributed by atoms with E-state index in [-0.39, 0.29) is 5.54 Å². The van der Waals surface area contributed by atoms with Crippen LogP contribution in [0.5, 0.6) is 0 Å². The highest BCUT2D eigenvalue weighted by Crippen LogP contribution is 2.37. The predicted molar refractivity (Wildman–Crippen MR) is 66.0 cm³/mol. The van der Waals surface area contributed by atoms with Crippen LogP contribution in [0.2, 0.25) is 0 Å². The SMILES string of the molecule is CC1CCCC(N)(Cc2nccn2C)C1C. The molecule has 3 heteroatoms. The Morgan fingerprint density at radius 2 is 2.31 bits per heavy atom. The Kier molecular flexibility index (Phi) is 3.06. The van der Waals surface area contributed by atoms with Gasteiger partial charge in [-0.25, -0.2) is 4.98 Å². The molecule has 1 aliphatic rings. The summed E-state index contributed by atoms with van der Waals surface area (Å²) in [6.45, 7) is 4.62. The van der Waals surface area contributed by atoms with Crippen molar-refractivity contribution in [2.45, 2.75) is 45.1 Å². The van der Waals surface area contributed by atoms with Crippen LogP contribution in [0.4, 0.5) is 0 Å². The number of hydrogen-bond acceptors (Lipinski definition) is 2. The van der Waals surface area contributed by atoms with Crippen LogP contribution in [0.25, 0.3) is 0 Å². The second-order valence-electron chi connectivity index (χ2n) is 5.52. The van der Waals surface area contributed by atoms with Crippen molar-refractivity contribution in [3.8, 4) is 0 Å². The Labute approximate surface area is 98.1 Å². The maximum absolute atomic E-state index is 6.60. The lowest BCUT2D eigenvalue weighted by atomic mass is 9.67. The second kappa shape index (κ2) is 4.21. The van der Waals surface area contributed by atoms with Gasteiger partial charge in [-0.1, -0.05) is 26.7 Å². The Morgan fingerprint density at radius 1 is 1.56 bits per heavy atom. The van der Waals surface area contributed by atoms with E-state index in [4.69, 9.17) is 5.73 Å². The molecule has 1 saturated carbocycles. The van der Waals surface area contributed by atoms with Crippen molar-refractivity contribution in [1.29, 1.82) is 0 Å². The molecule has 3 atom stereocenters. The molecule has 0 amide bonds. The van der Waals surface area contributed by atoms with Gasteiger partial charge in [-0.3, -0.25) is 0 Å². The minimum atomic E-state index is -0.0587. The first-order chi connectivity index (χ1) is 7.53. The molecule has 3 unspecified atom stereocenters. The third kappa shape index (κ3) is 2.01. The largest absolute Gasteiger partial charge is 0.338 e. The lowest BCUT2D eigenvalue weighted by Gasteiger charge is -2.43. The summed E-state index contributed by atoms with van der Waals surface area (Å²) in [7, 11) is 2.04. The summed E-state index contributed by atoms with van der Waals surface area (Å²) in [5.74, 6) is 2.43. The zero-order valence-electron chi connectivity index (χ0n) is 10.6. The van der Waals surface area contributed by atoms with Crippen LogP contribution in [-0.4, -0.2) is 15.1 Å². The topological polar surface area (TPSA) is 43.8 Å². The summed E-state index contributed by atoms with van der Waals surface area (Å²) in [5.41, 5.74) is 6.54. The minimum absolute atomic E-state index is 0.0587. The van der Waals surface area contributed by atoms with E-state index in [1.807, 2.05) is 19.4 Å². The van der Waals surface area contributed by atoms with Crippen LogP contribution in [0, 0.1) is 11.8 Å². The van der Waals surface area contributed by atoms with Gasteiger partial charge >= 0.3 is 0 Å². The van der Waals surface area contributed by atoms with E-state index >= 15 is 0 Å². The first-order valence-corrected chi connectivity index (χ1v) is 6.28. The molecule has 1 heterocycles. The minimum Gasteiger partial charge on any atom is -0.338 e. The van der Waals surface area contributed by atoms with E-state index in [1.54, 1.807) is 0 Å². The van der Waals surface area contributed by atoms with Crippen LogP contribution in [0.1, 0.15) is 38.9 Å². The van der Waals surface area contributed by atoms with Crippen molar-refractivity contribution in [3.63, 3.8) is 0 Å². The number of hydrogen-bond donors (Lipinski definition) is 1. The molecule has 0 spiro atoms. The molecule has 3 nitrogen and oxygen atoms in total. The number of rotatable bonds is 2. The zero-order chi connectivity index (χ0) is 11.8. The van der Waals surface area contributed by atoms with E-state index in [2.05, 4.69) is 23.4 Å². The van der Waals surface area contributed by atoms with Crippen molar-refractivity contribution in [3.05, 3.63) is 18.2 Å². The van der Waals surface area contributed by atoms with Gasteiger partial charge < -0.3 is 10.3 Å². The summed E-state index contributed by atoms with van der Waals surface area (Å²) >= 11 is 0. The quantitative estimate of drug-likeness (QED) is 0.831. The van der Waals surface area contributed by atoms with Gasteiger partial charge in [0.05, 0.1) is 0 Å². The number of aromatic nitrogens is 2. The van der Waals surface area contributed by atoms with Gasteiger partial charge in [-0.05, 0) is 18.3 Å². The number of aryl methyl sites for hydroxylation is 1. The Balaban J connectivity index is 2.15. The molecule has 2 rings (SSSR count). The van der Waals surface area contributed by atoms with Crippen molar-refractivity contribution in [1.82, 2.24) is 9.55 Å². The van der Waals surface area contributed by atoms with E-state index in [0.29, 0.717) is 5.92 Å². The highest BCUT2D eigenvalue weighted by Gasteiger charge is 2.38. The summed E-state index contributed by atoms with van der Waals surface area (Å²) < 4.78 is 2.08. The van der Waals surface area contributed by atoms with Gasteiger partial charge in [-0.15, -0.1) is 0 Å². The number of imidazole rings is 1. The number of nitrogens with zero attached hydrogens (tertiary/aromatic N) is 2. The zero-order valence-corrected chi connectivity index (χ0v) is 10.6. The molecule has 0 aliphatic heterocycles. The smallest absolute Gasteiger partial charge is 0.110 e. The van der Waals surface area contributed by atoms with Crippen LogP contribution < -0.4 is 5.73 Å². The van der Waals surface area contributed by atoms with E-state index in [1.165, 1.54) is 12.8 Å². The fraction of sp³-hybridized carbons (Fsp3) is 0.769. The van der Waals surface area contributed by atoms with Gasteiger partial charge in [0.15, 0.2) is 0 Å². The van der Waals surface area contributed by atoms with Crippen molar-refractivity contribution in [2.75, 3.05) is 0 Å². The van der Waals surface area contributed by atoms with Gasteiger partial charge in [0.25, 0.3) is 0 Å².